The fourth-order valence-electron chi connectivity index (χ4n) is 4.03. The molecule has 1 aliphatic rings. The maximum Gasteiger partial charge on any atom is 0.227 e. The van der Waals surface area contributed by atoms with Gasteiger partial charge in [0.05, 0.1) is 6.42 Å². The third-order valence-corrected chi connectivity index (χ3v) is 5.49. The molecule has 3 aromatic rings. The minimum absolute atomic E-state index is 0.192. The molecule has 26 heavy (non-hydrogen) atoms. The van der Waals surface area contributed by atoms with Gasteiger partial charge in [-0.1, -0.05) is 72.8 Å². The van der Waals surface area contributed by atoms with Crippen LogP contribution in [0.25, 0.3) is 10.8 Å². The molecule has 1 aliphatic heterocycles. The summed E-state index contributed by atoms with van der Waals surface area (Å²) in [5, 5.41) is 2.39. The fraction of sp³-hybridized carbons (Fsp3) is 0.261. The molecule has 1 amide bonds. The summed E-state index contributed by atoms with van der Waals surface area (Å²) in [5.74, 6) is 0.858. The first-order valence-corrected chi connectivity index (χ1v) is 9.25. The van der Waals surface area contributed by atoms with Gasteiger partial charge in [0.25, 0.3) is 0 Å². The van der Waals surface area contributed by atoms with Gasteiger partial charge in [-0.05, 0) is 34.4 Å². The van der Waals surface area contributed by atoms with Crippen LogP contribution in [0.1, 0.15) is 17.0 Å². The van der Waals surface area contributed by atoms with Crippen LogP contribution in [0.2, 0.25) is 0 Å². The van der Waals surface area contributed by atoms with E-state index in [4.69, 9.17) is 5.73 Å². The molecule has 1 heterocycles. The van der Waals surface area contributed by atoms with Gasteiger partial charge in [0.2, 0.25) is 5.91 Å². The second-order valence-electron chi connectivity index (χ2n) is 7.17. The Morgan fingerprint density at radius 3 is 2.42 bits per heavy atom. The first-order valence-electron chi connectivity index (χ1n) is 9.25. The van der Waals surface area contributed by atoms with Gasteiger partial charge in [0.1, 0.15) is 0 Å². The first-order chi connectivity index (χ1) is 12.7. The van der Waals surface area contributed by atoms with Crippen molar-refractivity contribution in [1.29, 1.82) is 0 Å². The van der Waals surface area contributed by atoms with Crippen molar-refractivity contribution < 1.29 is 4.79 Å². The van der Waals surface area contributed by atoms with E-state index in [1.54, 1.807) is 0 Å². The van der Waals surface area contributed by atoms with E-state index >= 15 is 0 Å². The van der Waals surface area contributed by atoms with Crippen LogP contribution in [0, 0.1) is 5.92 Å². The first kappa shape index (κ1) is 16.8. The molecule has 132 valence electrons. The number of likely N-dealkylation sites (tertiary alicyclic amines) is 1. The molecule has 0 spiro atoms. The van der Waals surface area contributed by atoms with Gasteiger partial charge < -0.3 is 10.6 Å². The van der Waals surface area contributed by atoms with Crippen LogP contribution in [0.15, 0.2) is 72.8 Å². The van der Waals surface area contributed by atoms with Crippen molar-refractivity contribution in [1.82, 2.24) is 4.90 Å². The molecule has 4 rings (SSSR count). The Hall–Kier alpha value is -2.65. The number of nitrogens with two attached hydrogens (primary N) is 1. The van der Waals surface area contributed by atoms with Crippen molar-refractivity contribution in [2.45, 2.75) is 12.3 Å². The number of benzene rings is 3. The standard InChI is InChI=1S/C23H24N2O/c24-14-21-15-25(16-22(21)19-7-2-1-3-8-19)23(26)13-17-10-11-18-6-4-5-9-20(18)12-17/h1-12,21-22H,13-16,24H2/t21-,22+/m1/s1. The molecule has 1 fully saturated rings. The number of carbonyl (C=O) groups excluding carboxylic acids is 1. The largest absolute Gasteiger partial charge is 0.341 e. The van der Waals surface area contributed by atoms with Crippen LogP contribution in [0.3, 0.4) is 0 Å². The van der Waals surface area contributed by atoms with Crippen LogP contribution in [0.5, 0.6) is 0 Å². The highest BCUT2D eigenvalue weighted by molar-refractivity contribution is 5.85. The Morgan fingerprint density at radius 1 is 0.923 bits per heavy atom. The number of hydrogen-bond acceptors (Lipinski definition) is 2. The van der Waals surface area contributed by atoms with Gasteiger partial charge in [-0.2, -0.15) is 0 Å². The Labute approximate surface area is 154 Å². The zero-order valence-electron chi connectivity index (χ0n) is 14.8. The second kappa shape index (κ2) is 7.30. The van der Waals surface area contributed by atoms with E-state index in [0.717, 1.165) is 18.7 Å². The molecule has 0 saturated carbocycles. The summed E-state index contributed by atoms with van der Waals surface area (Å²) in [7, 11) is 0. The molecular weight excluding hydrogens is 320 g/mol. The van der Waals surface area contributed by atoms with Gasteiger partial charge in [-0.3, -0.25) is 4.79 Å². The highest BCUT2D eigenvalue weighted by atomic mass is 16.2. The quantitative estimate of drug-likeness (QED) is 0.786. The summed E-state index contributed by atoms with van der Waals surface area (Å²) in [5.41, 5.74) is 8.35. The normalized spacial score (nSPS) is 19.8. The number of fused-ring (bicyclic) bond motifs is 1. The van der Waals surface area contributed by atoms with Gasteiger partial charge in [0.15, 0.2) is 0 Å². The Balaban J connectivity index is 1.49. The minimum atomic E-state index is 0.192. The number of nitrogens with zero attached hydrogens (tertiary/aromatic N) is 1. The van der Waals surface area contributed by atoms with Crippen molar-refractivity contribution in [3.05, 3.63) is 83.9 Å². The zero-order valence-corrected chi connectivity index (χ0v) is 14.8. The van der Waals surface area contributed by atoms with Crippen molar-refractivity contribution in [3.8, 4) is 0 Å². The topological polar surface area (TPSA) is 46.3 Å². The molecule has 0 aromatic heterocycles. The van der Waals surface area contributed by atoms with E-state index in [1.165, 1.54) is 16.3 Å². The van der Waals surface area contributed by atoms with E-state index < -0.39 is 0 Å². The lowest BCUT2D eigenvalue weighted by Gasteiger charge is -2.17. The van der Waals surface area contributed by atoms with Crippen molar-refractivity contribution >= 4 is 16.7 Å². The fourth-order valence-corrected chi connectivity index (χ4v) is 4.03. The number of rotatable bonds is 4. The minimum Gasteiger partial charge on any atom is -0.341 e. The third kappa shape index (κ3) is 3.35. The molecule has 3 heteroatoms. The third-order valence-electron chi connectivity index (χ3n) is 5.49. The lowest BCUT2D eigenvalue weighted by Crippen LogP contribution is -2.31. The molecule has 0 aliphatic carbocycles. The maximum atomic E-state index is 12.9. The zero-order chi connectivity index (χ0) is 17.9. The summed E-state index contributed by atoms with van der Waals surface area (Å²) in [6.07, 6.45) is 0.448. The summed E-state index contributed by atoms with van der Waals surface area (Å²) in [6, 6.07) is 25.0. The second-order valence-corrected chi connectivity index (χ2v) is 7.17. The number of hydrogen-bond donors (Lipinski definition) is 1. The highest BCUT2D eigenvalue weighted by Gasteiger charge is 2.35. The van der Waals surface area contributed by atoms with E-state index in [-0.39, 0.29) is 5.91 Å². The van der Waals surface area contributed by atoms with E-state index in [9.17, 15) is 4.79 Å². The van der Waals surface area contributed by atoms with Crippen LogP contribution in [0.4, 0.5) is 0 Å². The van der Waals surface area contributed by atoms with Gasteiger partial charge in [-0.15, -0.1) is 0 Å². The smallest absolute Gasteiger partial charge is 0.227 e. The Bertz CT molecular complexity index is 906. The summed E-state index contributed by atoms with van der Waals surface area (Å²) < 4.78 is 0. The summed E-state index contributed by atoms with van der Waals surface area (Å²) >= 11 is 0. The lowest BCUT2D eigenvalue weighted by atomic mass is 9.89. The van der Waals surface area contributed by atoms with E-state index in [1.807, 2.05) is 23.1 Å². The van der Waals surface area contributed by atoms with Crippen molar-refractivity contribution in [3.63, 3.8) is 0 Å². The predicted octanol–water partition coefficient (Wildman–Crippen LogP) is 3.58. The Morgan fingerprint density at radius 2 is 1.65 bits per heavy atom. The molecule has 0 bridgehead atoms. The van der Waals surface area contributed by atoms with Crippen LogP contribution in [-0.2, 0) is 11.2 Å². The maximum absolute atomic E-state index is 12.9. The SMILES string of the molecule is NC[C@@H]1CN(C(=O)Cc2ccc3ccccc3c2)C[C@H]1c1ccccc1. The highest BCUT2D eigenvalue weighted by Crippen LogP contribution is 2.32. The van der Waals surface area contributed by atoms with Crippen LogP contribution in [-0.4, -0.2) is 30.4 Å². The molecule has 2 atom stereocenters. The average molecular weight is 344 g/mol. The van der Waals surface area contributed by atoms with Gasteiger partial charge >= 0.3 is 0 Å². The lowest BCUT2D eigenvalue weighted by molar-refractivity contribution is -0.129. The number of carbonyl (C=O) groups is 1. The molecule has 0 unspecified atom stereocenters. The van der Waals surface area contributed by atoms with Gasteiger partial charge in [0, 0.05) is 19.0 Å². The molecule has 3 nitrogen and oxygen atoms in total. The monoisotopic (exact) mass is 344 g/mol. The molecule has 0 radical (unpaired) electrons. The van der Waals surface area contributed by atoms with Crippen molar-refractivity contribution in [2.24, 2.45) is 11.7 Å². The van der Waals surface area contributed by atoms with Crippen LogP contribution < -0.4 is 5.73 Å². The van der Waals surface area contributed by atoms with Crippen molar-refractivity contribution in [2.75, 3.05) is 19.6 Å². The average Bonchev–Trinajstić information content (AvgIpc) is 3.13. The van der Waals surface area contributed by atoms with Gasteiger partial charge in [-0.25, -0.2) is 0 Å². The molecule has 1 saturated heterocycles. The van der Waals surface area contributed by atoms with Crippen LogP contribution >= 0.6 is 0 Å². The molecular formula is C23H24N2O. The Kier molecular flexibility index (Phi) is 4.72. The predicted molar refractivity (Wildman–Crippen MR) is 106 cm³/mol. The number of amides is 1. The summed E-state index contributed by atoms with van der Waals surface area (Å²) in [4.78, 5) is 14.9. The molecule has 2 N–H and O–H groups in total. The summed E-state index contributed by atoms with van der Waals surface area (Å²) in [6.45, 7) is 2.13. The van der Waals surface area contributed by atoms with E-state index in [0.29, 0.717) is 24.8 Å². The van der Waals surface area contributed by atoms with E-state index in [2.05, 4.69) is 54.6 Å². The molecule has 3 aromatic carbocycles.